The Morgan fingerprint density at radius 2 is 2.05 bits per heavy atom. The predicted octanol–water partition coefficient (Wildman–Crippen LogP) is 4.56. The molecular weight excluding hydrogens is 285 g/mol. The van der Waals surface area contributed by atoms with Crippen LogP contribution in [0.2, 0.25) is 0 Å². The molecule has 0 spiro atoms. The van der Waals surface area contributed by atoms with Crippen molar-refractivity contribution in [1.29, 1.82) is 0 Å². The highest BCUT2D eigenvalue weighted by atomic mass is 32.1. The Bertz CT molecular complexity index is 691. The summed E-state index contributed by atoms with van der Waals surface area (Å²) in [4.78, 5) is 14.9. The smallest absolute Gasteiger partial charge is 0.211 e. The molecule has 0 radical (unpaired) electrons. The number of fused-ring (bicyclic) bond motifs is 1. The molecule has 0 atom stereocenters. The zero-order valence-electron chi connectivity index (χ0n) is 12.3. The summed E-state index contributed by atoms with van der Waals surface area (Å²) in [5, 5.41) is 2.45. The molecule has 0 unspecified atom stereocenters. The molecule has 1 aromatic carbocycles. The molecule has 0 N–H and O–H groups in total. The number of hydrogen-bond donors (Lipinski definition) is 0. The zero-order chi connectivity index (χ0) is 14.8. The summed E-state index contributed by atoms with van der Waals surface area (Å²) in [6, 6.07) is 4.93. The first-order valence-electron chi connectivity index (χ1n) is 7.68. The topological polar surface area (TPSA) is 20.3 Å². The molecule has 1 saturated carbocycles. The van der Waals surface area contributed by atoms with Crippen molar-refractivity contribution in [3.05, 3.63) is 39.6 Å². The summed E-state index contributed by atoms with van der Waals surface area (Å²) >= 11 is 1.53. The van der Waals surface area contributed by atoms with Gasteiger partial charge in [0.25, 0.3) is 0 Å². The van der Waals surface area contributed by atoms with Gasteiger partial charge in [-0.1, -0.05) is 19.3 Å². The minimum atomic E-state index is -0.343. The second kappa shape index (κ2) is 6.14. The molecule has 2 aromatic rings. The standard InChI is InChI=1S/C17H20FNOS/c1-2-19(13-6-4-3-5-7-13)15-11-21-16-9-8-12(18)10-14(16)17(15)20/h8-11,13H,2-7H2,1H3. The monoisotopic (exact) mass is 305 g/mol. The van der Waals surface area contributed by atoms with E-state index in [1.807, 2.05) is 5.38 Å². The van der Waals surface area contributed by atoms with Crippen LogP contribution in [0.25, 0.3) is 10.1 Å². The van der Waals surface area contributed by atoms with Gasteiger partial charge in [-0.3, -0.25) is 4.79 Å². The summed E-state index contributed by atoms with van der Waals surface area (Å²) in [6.45, 7) is 2.92. The number of halogens is 1. The van der Waals surface area contributed by atoms with E-state index >= 15 is 0 Å². The minimum Gasteiger partial charge on any atom is -0.365 e. The predicted molar refractivity (Wildman–Crippen MR) is 87.9 cm³/mol. The van der Waals surface area contributed by atoms with Crippen molar-refractivity contribution in [3.63, 3.8) is 0 Å². The average molecular weight is 305 g/mol. The zero-order valence-corrected chi connectivity index (χ0v) is 13.1. The molecule has 112 valence electrons. The van der Waals surface area contributed by atoms with Crippen LogP contribution in [0.15, 0.2) is 28.4 Å². The van der Waals surface area contributed by atoms with E-state index in [0.29, 0.717) is 11.4 Å². The molecule has 0 amide bonds. The maximum atomic E-state index is 13.4. The normalized spacial score (nSPS) is 16.3. The summed E-state index contributed by atoms with van der Waals surface area (Å²) < 4.78 is 14.3. The van der Waals surface area contributed by atoms with Crippen LogP contribution in [-0.2, 0) is 0 Å². The lowest BCUT2D eigenvalue weighted by Crippen LogP contribution is -2.39. The molecule has 1 aliphatic rings. The third-order valence-electron chi connectivity index (χ3n) is 4.38. The molecule has 0 saturated heterocycles. The molecule has 1 heterocycles. The fourth-order valence-corrected chi connectivity index (χ4v) is 4.22. The second-order valence-electron chi connectivity index (χ2n) is 5.67. The Morgan fingerprint density at radius 1 is 1.29 bits per heavy atom. The Labute approximate surface area is 128 Å². The number of anilines is 1. The molecule has 1 fully saturated rings. The minimum absolute atomic E-state index is 0.0318. The Morgan fingerprint density at radius 3 is 2.76 bits per heavy atom. The fraction of sp³-hybridized carbons (Fsp3) is 0.471. The molecule has 4 heteroatoms. The summed E-state index contributed by atoms with van der Waals surface area (Å²) in [6.07, 6.45) is 6.07. The van der Waals surface area contributed by atoms with Gasteiger partial charge in [-0.05, 0) is 38.0 Å². The highest BCUT2D eigenvalue weighted by molar-refractivity contribution is 7.16. The van der Waals surface area contributed by atoms with Crippen molar-refractivity contribution in [3.8, 4) is 0 Å². The van der Waals surface area contributed by atoms with Crippen molar-refractivity contribution in [2.75, 3.05) is 11.4 Å². The van der Waals surface area contributed by atoms with Gasteiger partial charge in [0, 0.05) is 28.1 Å². The third kappa shape index (κ3) is 2.82. The number of benzene rings is 1. The second-order valence-corrected chi connectivity index (χ2v) is 6.58. The molecule has 0 bridgehead atoms. The maximum absolute atomic E-state index is 13.4. The lowest BCUT2D eigenvalue weighted by molar-refractivity contribution is 0.418. The van der Waals surface area contributed by atoms with E-state index in [9.17, 15) is 9.18 Å². The van der Waals surface area contributed by atoms with E-state index in [-0.39, 0.29) is 11.2 Å². The van der Waals surface area contributed by atoms with Crippen LogP contribution in [0.1, 0.15) is 39.0 Å². The van der Waals surface area contributed by atoms with Gasteiger partial charge in [0.05, 0.1) is 5.69 Å². The van der Waals surface area contributed by atoms with Gasteiger partial charge in [-0.2, -0.15) is 0 Å². The van der Waals surface area contributed by atoms with Crippen LogP contribution in [0.5, 0.6) is 0 Å². The van der Waals surface area contributed by atoms with Crippen molar-refractivity contribution in [1.82, 2.24) is 0 Å². The molecule has 0 aliphatic heterocycles. The molecule has 2 nitrogen and oxygen atoms in total. The molecular formula is C17H20FNOS. The van der Waals surface area contributed by atoms with E-state index in [4.69, 9.17) is 0 Å². The largest absolute Gasteiger partial charge is 0.365 e. The first kappa shape index (κ1) is 14.5. The quantitative estimate of drug-likeness (QED) is 0.828. The van der Waals surface area contributed by atoms with Crippen LogP contribution in [0.3, 0.4) is 0 Å². The average Bonchev–Trinajstić information content (AvgIpc) is 2.52. The summed E-state index contributed by atoms with van der Waals surface area (Å²) in [5.41, 5.74) is 0.711. The van der Waals surface area contributed by atoms with Gasteiger partial charge < -0.3 is 4.90 Å². The lowest BCUT2D eigenvalue weighted by atomic mass is 9.94. The van der Waals surface area contributed by atoms with Crippen molar-refractivity contribution in [2.45, 2.75) is 45.1 Å². The number of hydrogen-bond acceptors (Lipinski definition) is 3. The van der Waals surface area contributed by atoms with Gasteiger partial charge in [0.15, 0.2) is 0 Å². The number of rotatable bonds is 3. The highest BCUT2D eigenvalue weighted by Crippen LogP contribution is 2.28. The maximum Gasteiger partial charge on any atom is 0.211 e. The van der Waals surface area contributed by atoms with Gasteiger partial charge >= 0.3 is 0 Å². The van der Waals surface area contributed by atoms with Crippen LogP contribution in [0, 0.1) is 5.82 Å². The first-order valence-corrected chi connectivity index (χ1v) is 8.56. The molecule has 21 heavy (non-hydrogen) atoms. The van der Waals surface area contributed by atoms with E-state index in [1.54, 1.807) is 6.07 Å². The Hall–Kier alpha value is -1.42. The van der Waals surface area contributed by atoms with Gasteiger partial charge in [0.1, 0.15) is 5.82 Å². The number of nitrogens with zero attached hydrogens (tertiary/aromatic N) is 1. The van der Waals surface area contributed by atoms with Gasteiger partial charge in [-0.25, -0.2) is 4.39 Å². The van der Waals surface area contributed by atoms with Crippen molar-refractivity contribution >= 4 is 27.1 Å². The van der Waals surface area contributed by atoms with Gasteiger partial charge in [-0.15, -0.1) is 11.3 Å². The van der Waals surface area contributed by atoms with E-state index in [1.165, 1.54) is 42.7 Å². The Balaban J connectivity index is 2.05. The van der Waals surface area contributed by atoms with Crippen LogP contribution in [-0.4, -0.2) is 12.6 Å². The SMILES string of the molecule is CCN(c1csc2ccc(F)cc2c1=O)C1CCCCC1. The van der Waals surface area contributed by atoms with E-state index in [2.05, 4.69) is 11.8 Å². The van der Waals surface area contributed by atoms with Crippen LogP contribution in [0.4, 0.5) is 10.1 Å². The molecule has 1 aliphatic carbocycles. The van der Waals surface area contributed by atoms with Crippen molar-refractivity contribution in [2.24, 2.45) is 0 Å². The van der Waals surface area contributed by atoms with E-state index < -0.39 is 0 Å². The third-order valence-corrected chi connectivity index (χ3v) is 5.33. The van der Waals surface area contributed by atoms with Crippen LogP contribution >= 0.6 is 11.3 Å². The van der Waals surface area contributed by atoms with Crippen molar-refractivity contribution < 1.29 is 4.39 Å². The molecule has 3 rings (SSSR count). The summed E-state index contributed by atoms with van der Waals surface area (Å²) in [5.74, 6) is -0.343. The first-order chi connectivity index (χ1) is 10.2. The van der Waals surface area contributed by atoms with Gasteiger partial charge in [0.2, 0.25) is 5.43 Å². The van der Waals surface area contributed by atoms with Crippen LogP contribution < -0.4 is 10.3 Å². The molecule has 1 aromatic heterocycles. The Kier molecular flexibility index (Phi) is 4.24. The summed E-state index contributed by atoms with van der Waals surface area (Å²) in [7, 11) is 0. The fourth-order valence-electron chi connectivity index (χ4n) is 3.31. The lowest BCUT2D eigenvalue weighted by Gasteiger charge is -2.34. The van der Waals surface area contributed by atoms with E-state index in [0.717, 1.165) is 29.8 Å². The highest BCUT2D eigenvalue weighted by Gasteiger charge is 2.22.